The average Bonchev–Trinajstić information content (AvgIpc) is 2.38. The molecule has 1 aliphatic carbocycles. The molecule has 1 aliphatic heterocycles. The van der Waals surface area contributed by atoms with Crippen LogP contribution in [-0.4, -0.2) is 54.6 Å². The van der Waals surface area contributed by atoms with Gasteiger partial charge in [0, 0.05) is 37.8 Å². The van der Waals surface area contributed by atoms with E-state index in [0.717, 1.165) is 12.5 Å². The Hall–Kier alpha value is -0.120. The van der Waals surface area contributed by atoms with Crippen LogP contribution < -0.4 is 5.73 Å². The lowest BCUT2D eigenvalue weighted by molar-refractivity contribution is -0.0295. The monoisotopic (exact) mass is 253 g/mol. The summed E-state index contributed by atoms with van der Waals surface area (Å²) in [6.07, 6.45) is 6.75. The Morgan fingerprint density at radius 1 is 1.33 bits per heavy atom. The highest BCUT2D eigenvalue weighted by Crippen LogP contribution is 2.39. The first kappa shape index (κ1) is 14.3. The Morgan fingerprint density at radius 2 is 2.11 bits per heavy atom. The largest absolute Gasteiger partial charge is 0.329 e. The van der Waals surface area contributed by atoms with E-state index >= 15 is 0 Å². The average molecular weight is 253 g/mol. The van der Waals surface area contributed by atoms with E-state index in [9.17, 15) is 0 Å². The summed E-state index contributed by atoms with van der Waals surface area (Å²) in [5.41, 5.74) is 6.53. The van der Waals surface area contributed by atoms with Gasteiger partial charge < -0.3 is 10.6 Å². The summed E-state index contributed by atoms with van der Waals surface area (Å²) in [6.45, 7) is 9.15. The minimum Gasteiger partial charge on any atom is -0.329 e. The normalized spacial score (nSPS) is 40.0. The van der Waals surface area contributed by atoms with Gasteiger partial charge in [-0.1, -0.05) is 26.2 Å². The standard InChI is InChI=1S/C15H31N3/c1-4-14-6-5-7-15(10-14,12-16)18-9-8-17(3)11-13(18)2/h13-14H,4-12,16H2,1-3H3. The Bertz CT molecular complexity index is 268. The van der Waals surface area contributed by atoms with Crippen LogP contribution in [0.25, 0.3) is 0 Å². The number of rotatable bonds is 3. The Labute approximate surface area is 113 Å². The van der Waals surface area contributed by atoms with E-state index in [-0.39, 0.29) is 0 Å². The number of hydrogen-bond donors (Lipinski definition) is 1. The highest BCUT2D eigenvalue weighted by molar-refractivity contribution is 5.00. The van der Waals surface area contributed by atoms with Crippen molar-refractivity contribution in [2.24, 2.45) is 11.7 Å². The minimum absolute atomic E-state index is 0.305. The van der Waals surface area contributed by atoms with Crippen LogP contribution in [0.5, 0.6) is 0 Å². The molecule has 1 saturated carbocycles. The maximum atomic E-state index is 6.23. The molecule has 3 atom stereocenters. The molecule has 2 fully saturated rings. The van der Waals surface area contributed by atoms with Crippen molar-refractivity contribution in [3.63, 3.8) is 0 Å². The lowest BCUT2D eigenvalue weighted by Crippen LogP contribution is -2.64. The van der Waals surface area contributed by atoms with E-state index in [4.69, 9.17) is 5.73 Å². The second-order valence-electron chi connectivity index (χ2n) is 6.60. The van der Waals surface area contributed by atoms with Gasteiger partial charge in [-0.2, -0.15) is 0 Å². The van der Waals surface area contributed by atoms with Crippen LogP contribution in [0, 0.1) is 5.92 Å². The first-order chi connectivity index (χ1) is 8.61. The van der Waals surface area contributed by atoms with Crippen LogP contribution in [0.15, 0.2) is 0 Å². The summed E-state index contributed by atoms with van der Waals surface area (Å²) in [5.74, 6) is 0.897. The summed E-state index contributed by atoms with van der Waals surface area (Å²) < 4.78 is 0. The summed E-state index contributed by atoms with van der Waals surface area (Å²) in [6, 6.07) is 0.655. The smallest absolute Gasteiger partial charge is 0.0338 e. The van der Waals surface area contributed by atoms with E-state index in [1.807, 2.05) is 0 Å². The minimum atomic E-state index is 0.305. The highest BCUT2D eigenvalue weighted by atomic mass is 15.3. The molecule has 0 radical (unpaired) electrons. The maximum absolute atomic E-state index is 6.23. The molecule has 18 heavy (non-hydrogen) atoms. The van der Waals surface area contributed by atoms with Crippen molar-refractivity contribution in [3.05, 3.63) is 0 Å². The van der Waals surface area contributed by atoms with Gasteiger partial charge in [0.05, 0.1) is 0 Å². The van der Waals surface area contributed by atoms with Gasteiger partial charge in [0.15, 0.2) is 0 Å². The molecule has 2 rings (SSSR count). The van der Waals surface area contributed by atoms with E-state index in [2.05, 4.69) is 30.7 Å². The number of nitrogens with zero attached hydrogens (tertiary/aromatic N) is 2. The van der Waals surface area contributed by atoms with E-state index in [0.29, 0.717) is 11.6 Å². The van der Waals surface area contributed by atoms with Crippen molar-refractivity contribution in [2.75, 3.05) is 33.2 Å². The quantitative estimate of drug-likeness (QED) is 0.834. The molecule has 2 aliphatic rings. The van der Waals surface area contributed by atoms with Gasteiger partial charge in [0.25, 0.3) is 0 Å². The Kier molecular flexibility index (Phi) is 4.68. The van der Waals surface area contributed by atoms with E-state index < -0.39 is 0 Å². The zero-order chi connectivity index (χ0) is 13.2. The van der Waals surface area contributed by atoms with Gasteiger partial charge >= 0.3 is 0 Å². The Balaban J connectivity index is 2.10. The van der Waals surface area contributed by atoms with Crippen molar-refractivity contribution in [3.8, 4) is 0 Å². The molecule has 0 spiro atoms. The maximum Gasteiger partial charge on any atom is 0.0338 e. The summed E-state index contributed by atoms with van der Waals surface area (Å²) in [5, 5.41) is 0. The molecule has 0 aromatic rings. The lowest BCUT2D eigenvalue weighted by atomic mass is 9.73. The van der Waals surface area contributed by atoms with Crippen LogP contribution >= 0.6 is 0 Å². The molecule has 3 heteroatoms. The molecule has 0 aromatic heterocycles. The van der Waals surface area contributed by atoms with Crippen LogP contribution in [0.2, 0.25) is 0 Å². The number of nitrogens with two attached hydrogens (primary N) is 1. The molecule has 0 aromatic carbocycles. The molecule has 1 saturated heterocycles. The lowest BCUT2D eigenvalue weighted by Gasteiger charge is -2.53. The van der Waals surface area contributed by atoms with Crippen molar-refractivity contribution < 1.29 is 0 Å². The molecular formula is C15H31N3. The number of piperazine rings is 1. The first-order valence-electron chi connectivity index (χ1n) is 7.76. The van der Waals surface area contributed by atoms with Gasteiger partial charge in [-0.25, -0.2) is 0 Å². The zero-order valence-corrected chi connectivity index (χ0v) is 12.5. The SMILES string of the molecule is CCC1CCCC(CN)(N2CCN(C)CC2C)C1. The van der Waals surface area contributed by atoms with Crippen molar-refractivity contribution in [1.29, 1.82) is 0 Å². The highest BCUT2D eigenvalue weighted by Gasteiger charge is 2.42. The molecular weight excluding hydrogens is 222 g/mol. The molecule has 0 bridgehead atoms. The summed E-state index contributed by atoms with van der Waals surface area (Å²) in [4.78, 5) is 5.19. The third kappa shape index (κ3) is 2.73. The zero-order valence-electron chi connectivity index (χ0n) is 12.5. The third-order valence-electron chi connectivity index (χ3n) is 5.32. The predicted octanol–water partition coefficient (Wildman–Crippen LogP) is 1.92. The second kappa shape index (κ2) is 5.89. The van der Waals surface area contributed by atoms with Crippen LogP contribution in [0.1, 0.15) is 46.0 Å². The fraction of sp³-hybridized carbons (Fsp3) is 1.00. The predicted molar refractivity (Wildman–Crippen MR) is 77.7 cm³/mol. The van der Waals surface area contributed by atoms with Gasteiger partial charge in [0.2, 0.25) is 0 Å². The molecule has 3 nitrogen and oxygen atoms in total. The first-order valence-corrected chi connectivity index (χ1v) is 7.76. The fourth-order valence-electron chi connectivity index (χ4n) is 4.22. The summed E-state index contributed by atoms with van der Waals surface area (Å²) >= 11 is 0. The van der Waals surface area contributed by atoms with Crippen LogP contribution in [0.3, 0.4) is 0 Å². The summed E-state index contributed by atoms with van der Waals surface area (Å²) in [7, 11) is 2.23. The molecule has 0 amide bonds. The molecule has 106 valence electrons. The molecule has 2 N–H and O–H groups in total. The van der Waals surface area contributed by atoms with Gasteiger partial charge in [-0.15, -0.1) is 0 Å². The van der Waals surface area contributed by atoms with Gasteiger partial charge in [-0.3, -0.25) is 4.90 Å². The van der Waals surface area contributed by atoms with Gasteiger partial charge in [-0.05, 0) is 32.7 Å². The Morgan fingerprint density at radius 3 is 2.72 bits per heavy atom. The number of hydrogen-bond acceptors (Lipinski definition) is 3. The van der Waals surface area contributed by atoms with Crippen molar-refractivity contribution >= 4 is 0 Å². The van der Waals surface area contributed by atoms with Gasteiger partial charge in [0.1, 0.15) is 0 Å². The second-order valence-corrected chi connectivity index (χ2v) is 6.60. The van der Waals surface area contributed by atoms with Crippen molar-refractivity contribution in [2.45, 2.75) is 57.5 Å². The van der Waals surface area contributed by atoms with Crippen LogP contribution in [0.4, 0.5) is 0 Å². The number of likely N-dealkylation sites (N-methyl/N-ethyl adjacent to an activating group) is 1. The van der Waals surface area contributed by atoms with E-state index in [1.54, 1.807) is 0 Å². The van der Waals surface area contributed by atoms with E-state index in [1.165, 1.54) is 51.7 Å². The van der Waals surface area contributed by atoms with Crippen molar-refractivity contribution in [1.82, 2.24) is 9.80 Å². The molecule has 1 heterocycles. The molecule has 3 unspecified atom stereocenters. The fourth-order valence-corrected chi connectivity index (χ4v) is 4.22. The topological polar surface area (TPSA) is 32.5 Å². The van der Waals surface area contributed by atoms with Crippen LogP contribution in [-0.2, 0) is 0 Å². The third-order valence-corrected chi connectivity index (χ3v) is 5.32.